The molecule has 0 bridgehead atoms. The Morgan fingerprint density at radius 2 is 1.86 bits per heavy atom. The smallest absolute Gasteiger partial charge is 0.335 e. The first-order valence-electron chi connectivity index (χ1n) is 6.99. The van der Waals surface area contributed by atoms with Crippen LogP contribution in [0.3, 0.4) is 0 Å². The summed E-state index contributed by atoms with van der Waals surface area (Å²) in [6.45, 7) is 0.718. The molecule has 1 aliphatic rings. The Morgan fingerprint density at radius 3 is 2.55 bits per heavy atom. The predicted molar refractivity (Wildman–Crippen MR) is 84.3 cm³/mol. The second-order valence-electron chi connectivity index (χ2n) is 5.33. The zero-order valence-corrected chi connectivity index (χ0v) is 12.2. The second kappa shape index (κ2) is 5.52. The van der Waals surface area contributed by atoms with Crippen LogP contribution in [0.5, 0.6) is 0 Å². The fraction of sp³-hybridized carbons (Fsp3) is 0.176. The number of carbonyl (C=O) groups excluding carboxylic acids is 1. The zero-order valence-electron chi connectivity index (χ0n) is 12.2. The lowest BCUT2D eigenvalue weighted by Crippen LogP contribution is -2.44. The van der Waals surface area contributed by atoms with Gasteiger partial charge in [-0.3, -0.25) is 4.79 Å². The van der Waals surface area contributed by atoms with Crippen LogP contribution < -0.4 is 9.80 Å². The Kier molecular flexibility index (Phi) is 3.55. The molecule has 0 radical (unpaired) electrons. The summed E-state index contributed by atoms with van der Waals surface area (Å²) in [5.74, 6) is -1.04. The highest BCUT2D eigenvalue weighted by molar-refractivity contribution is 6.04. The number of amides is 1. The van der Waals surface area contributed by atoms with Crippen molar-refractivity contribution in [2.75, 3.05) is 23.4 Å². The number of carboxylic acids is 1. The van der Waals surface area contributed by atoms with Gasteiger partial charge in [-0.05, 0) is 23.8 Å². The van der Waals surface area contributed by atoms with Crippen molar-refractivity contribution in [2.45, 2.75) is 6.54 Å². The van der Waals surface area contributed by atoms with Crippen LogP contribution in [0, 0.1) is 0 Å². The second-order valence-corrected chi connectivity index (χ2v) is 5.33. The van der Waals surface area contributed by atoms with Crippen molar-refractivity contribution >= 4 is 23.3 Å². The van der Waals surface area contributed by atoms with E-state index in [2.05, 4.69) is 0 Å². The first-order chi connectivity index (χ1) is 10.6. The van der Waals surface area contributed by atoms with Gasteiger partial charge in [-0.1, -0.05) is 30.3 Å². The molecule has 0 fully saturated rings. The van der Waals surface area contributed by atoms with E-state index in [0.29, 0.717) is 12.2 Å². The molecule has 22 heavy (non-hydrogen) atoms. The lowest BCUT2D eigenvalue weighted by molar-refractivity contribution is -0.117. The van der Waals surface area contributed by atoms with Gasteiger partial charge in [0, 0.05) is 7.05 Å². The minimum Gasteiger partial charge on any atom is -0.478 e. The number of aromatic carboxylic acids is 1. The van der Waals surface area contributed by atoms with Gasteiger partial charge in [0.05, 0.1) is 30.0 Å². The lowest BCUT2D eigenvalue weighted by atomic mass is 10.1. The minimum atomic E-state index is -0.997. The third-order valence-corrected chi connectivity index (χ3v) is 3.78. The monoisotopic (exact) mass is 296 g/mol. The molecule has 112 valence electrons. The third kappa shape index (κ3) is 2.53. The summed E-state index contributed by atoms with van der Waals surface area (Å²) in [7, 11) is 1.83. The fourth-order valence-corrected chi connectivity index (χ4v) is 2.64. The van der Waals surface area contributed by atoms with Gasteiger partial charge in [0.1, 0.15) is 0 Å². The molecule has 2 aromatic carbocycles. The SMILES string of the molecule is CN1CC(=O)N(Cc2ccccc2)c2cc(C(=O)O)ccc21. The molecule has 1 amide bonds. The lowest BCUT2D eigenvalue weighted by Gasteiger charge is -2.35. The molecule has 0 spiro atoms. The fourth-order valence-electron chi connectivity index (χ4n) is 2.64. The van der Waals surface area contributed by atoms with Gasteiger partial charge < -0.3 is 14.9 Å². The zero-order chi connectivity index (χ0) is 15.7. The maximum absolute atomic E-state index is 12.4. The largest absolute Gasteiger partial charge is 0.478 e. The number of hydrogen-bond donors (Lipinski definition) is 1. The highest BCUT2D eigenvalue weighted by Gasteiger charge is 2.28. The number of carbonyl (C=O) groups is 2. The van der Waals surface area contributed by atoms with Crippen LogP contribution in [0.1, 0.15) is 15.9 Å². The highest BCUT2D eigenvalue weighted by Crippen LogP contribution is 2.34. The Bertz CT molecular complexity index is 728. The molecule has 5 nitrogen and oxygen atoms in total. The van der Waals surface area contributed by atoms with Crippen molar-refractivity contribution in [1.82, 2.24) is 0 Å². The van der Waals surface area contributed by atoms with Crippen LogP contribution in [0.2, 0.25) is 0 Å². The Balaban J connectivity index is 2.03. The first kappa shape index (κ1) is 14.1. The van der Waals surface area contributed by atoms with Crippen LogP contribution in [0.15, 0.2) is 48.5 Å². The minimum absolute atomic E-state index is 0.0404. The quantitative estimate of drug-likeness (QED) is 0.944. The van der Waals surface area contributed by atoms with Gasteiger partial charge in [-0.15, -0.1) is 0 Å². The molecule has 0 atom stereocenters. The van der Waals surface area contributed by atoms with E-state index in [9.17, 15) is 14.7 Å². The molecule has 5 heteroatoms. The summed E-state index contributed by atoms with van der Waals surface area (Å²) < 4.78 is 0. The van der Waals surface area contributed by atoms with Gasteiger partial charge in [0.25, 0.3) is 0 Å². The van der Waals surface area contributed by atoms with E-state index in [1.807, 2.05) is 42.3 Å². The summed E-state index contributed by atoms with van der Waals surface area (Å²) in [4.78, 5) is 27.1. The Morgan fingerprint density at radius 1 is 1.14 bits per heavy atom. The van der Waals surface area contributed by atoms with Gasteiger partial charge in [0.2, 0.25) is 5.91 Å². The van der Waals surface area contributed by atoms with E-state index in [1.165, 1.54) is 0 Å². The van der Waals surface area contributed by atoms with Crippen LogP contribution in [0.4, 0.5) is 11.4 Å². The van der Waals surface area contributed by atoms with Crippen molar-refractivity contribution in [3.05, 3.63) is 59.7 Å². The van der Waals surface area contributed by atoms with Crippen LogP contribution in [-0.2, 0) is 11.3 Å². The number of likely N-dealkylation sites (N-methyl/N-ethyl adjacent to an activating group) is 1. The highest BCUT2D eigenvalue weighted by atomic mass is 16.4. The van der Waals surface area contributed by atoms with E-state index >= 15 is 0 Å². The summed E-state index contributed by atoms with van der Waals surface area (Å²) in [5, 5.41) is 9.18. The molecule has 0 saturated carbocycles. The molecule has 0 aromatic heterocycles. The molecule has 1 aliphatic heterocycles. The summed E-state index contributed by atoms with van der Waals surface area (Å²) in [6, 6.07) is 14.5. The molecular formula is C17H16N2O3. The number of carboxylic acid groups (broad SMARTS) is 1. The predicted octanol–water partition coefficient (Wildman–Crippen LogP) is 2.37. The number of benzene rings is 2. The molecule has 0 unspecified atom stereocenters. The molecule has 1 heterocycles. The summed E-state index contributed by atoms with van der Waals surface area (Å²) in [5.41, 5.74) is 2.69. The average molecular weight is 296 g/mol. The van der Waals surface area contributed by atoms with E-state index in [1.54, 1.807) is 23.1 Å². The van der Waals surface area contributed by atoms with E-state index in [0.717, 1.165) is 11.3 Å². The molecule has 1 N–H and O–H groups in total. The van der Waals surface area contributed by atoms with Crippen molar-refractivity contribution in [1.29, 1.82) is 0 Å². The molecule has 2 aromatic rings. The van der Waals surface area contributed by atoms with Crippen LogP contribution >= 0.6 is 0 Å². The normalized spacial score (nSPS) is 14.0. The van der Waals surface area contributed by atoms with E-state index in [4.69, 9.17) is 0 Å². The maximum Gasteiger partial charge on any atom is 0.335 e. The number of fused-ring (bicyclic) bond motifs is 1. The molecule has 0 saturated heterocycles. The van der Waals surface area contributed by atoms with Crippen molar-refractivity contribution in [3.63, 3.8) is 0 Å². The van der Waals surface area contributed by atoms with Crippen molar-refractivity contribution in [2.24, 2.45) is 0 Å². The van der Waals surface area contributed by atoms with Gasteiger partial charge in [-0.25, -0.2) is 4.79 Å². The number of hydrogen-bond acceptors (Lipinski definition) is 3. The van der Waals surface area contributed by atoms with Gasteiger partial charge >= 0.3 is 5.97 Å². The first-order valence-corrected chi connectivity index (χ1v) is 6.99. The summed E-state index contributed by atoms with van der Waals surface area (Å²) in [6.07, 6.45) is 0. The van der Waals surface area contributed by atoms with Crippen LogP contribution in [-0.4, -0.2) is 30.6 Å². The molecule has 0 aliphatic carbocycles. The molecular weight excluding hydrogens is 280 g/mol. The maximum atomic E-state index is 12.4. The number of nitrogens with zero attached hydrogens (tertiary/aromatic N) is 2. The Labute approximate surface area is 128 Å². The van der Waals surface area contributed by atoms with Crippen LogP contribution in [0.25, 0.3) is 0 Å². The standard InChI is InChI=1S/C17H16N2O3/c1-18-11-16(20)19(10-12-5-3-2-4-6-12)15-9-13(17(21)22)7-8-14(15)18/h2-9H,10-11H2,1H3,(H,21,22). The van der Waals surface area contributed by atoms with Crippen molar-refractivity contribution in [3.8, 4) is 0 Å². The summed E-state index contributed by atoms with van der Waals surface area (Å²) >= 11 is 0. The number of anilines is 2. The average Bonchev–Trinajstić information content (AvgIpc) is 2.52. The Hall–Kier alpha value is -2.82. The topological polar surface area (TPSA) is 60.9 Å². The third-order valence-electron chi connectivity index (χ3n) is 3.78. The van der Waals surface area contributed by atoms with E-state index in [-0.39, 0.29) is 18.0 Å². The van der Waals surface area contributed by atoms with E-state index < -0.39 is 5.97 Å². The van der Waals surface area contributed by atoms with Gasteiger partial charge in [-0.2, -0.15) is 0 Å². The van der Waals surface area contributed by atoms with Gasteiger partial charge in [0.15, 0.2) is 0 Å². The molecule has 3 rings (SSSR count). The number of rotatable bonds is 3. The van der Waals surface area contributed by atoms with Crippen molar-refractivity contribution < 1.29 is 14.7 Å².